The number of oxime groups is 1. The highest BCUT2D eigenvalue weighted by molar-refractivity contribution is 5.79. The van der Waals surface area contributed by atoms with Crippen molar-refractivity contribution in [2.24, 2.45) is 10.9 Å². The van der Waals surface area contributed by atoms with Gasteiger partial charge in [-0.2, -0.15) is 0 Å². The Bertz CT molecular complexity index is 182. The van der Waals surface area contributed by atoms with Crippen molar-refractivity contribution in [1.29, 1.82) is 0 Å². The highest BCUT2D eigenvalue weighted by Gasteiger charge is 2.18. The maximum atomic E-state index is 8.33. The summed E-state index contributed by atoms with van der Waals surface area (Å²) >= 11 is 0. The number of hydrogen-bond acceptors (Lipinski definition) is 3. The van der Waals surface area contributed by atoms with E-state index < -0.39 is 0 Å². The number of nitrogens with zero attached hydrogens (tertiary/aromatic N) is 2. The Hall–Kier alpha value is -0.770. The van der Waals surface area contributed by atoms with Crippen LogP contribution in [0.25, 0.3) is 0 Å². The Labute approximate surface area is 79.4 Å². The van der Waals surface area contributed by atoms with Gasteiger partial charge in [-0.15, -0.1) is 0 Å². The summed E-state index contributed by atoms with van der Waals surface area (Å²) in [5.74, 6) is 0.340. The van der Waals surface area contributed by atoms with Crippen molar-refractivity contribution in [3.05, 3.63) is 0 Å². The molecule has 0 bridgehead atoms. The highest BCUT2D eigenvalue weighted by atomic mass is 16.4. The predicted molar refractivity (Wildman–Crippen MR) is 52.9 cm³/mol. The van der Waals surface area contributed by atoms with Crippen LogP contribution in [-0.4, -0.2) is 35.1 Å². The summed E-state index contributed by atoms with van der Waals surface area (Å²) in [4.78, 5) is 2.46. The van der Waals surface area contributed by atoms with Gasteiger partial charge in [0.25, 0.3) is 0 Å². The van der Waals surface area contributed by atoms with Gasteiger partial charge in [0.15, 0.2) is 0 Å². The van der Waals surface area contributed by atoms with Gasteiger partial charge in [0, 0.05) is 12.5 Å². The lowest BCUT2D eigenvalue weighted by molar-refractivity contribution is 0.266. The van der Waals surface area contributed by atoms with Gasteiger partial charge in [-0.3, -0.25) is 0 Å². The standard InChI is InChI=1S/C9H19N3O/c1-8-4-2-6-12(8)7-3-5-9(10)11-13/h8,13H,2-7H2,1H3,(H2,10,11). The molecule has 4 nitrogen and oxygen atoms in total. The molecule has 1 atom stereocenters. The molecule has 1 unspecified atom stereocenters. The Morgan fingerprint density at radius 3 is 3.00 bits per heavy atom. The summed E-state index contributed by atoms with van der Waals surface area (Å²) in [6, 6.07) is 0.715. The van der Waals surface area contributed by atoms with E-state index in [2.05, 4.69) is 17.0 Å². The minimum absolute atomic E-state index is 0.340. The van der Waals surface area contributed by atoms with Gasteiger partial charge in [-0.1, -0.05) is 5.16 Å². The monoisotopic (exact) mass is 185 g/mol. The molecule has 0 amide bonds. The van der Waals surface area contributed by atoms with Gasteiger partial charge in [-0.05, 0) is 39.3 Å². The minimum atomic E-state index is 0.340. The zero-order valence-corrected chi connectivity index (χ0v) is 8.24. The van der Waals surface area contributed by atoms with Gasteiger partial charge < -0.3 is 15.8 Å². The topological polar surface area (TPSA) is 61.8 Å². The number of hydrogen-bond donors (Lipinski definition) is 2. The Balaban J connectivity index is 2.12. The molecule has 0 radical (unpaired) electrons. The number of likely N-dealkylation sites (tertiary alicyclic amines) is 1. The first-order valence-corrected chi connectivity index (χ1v) is 4.94. The molecule has 3 N–H and O–H groups in total. The maximum absolute atomic E-state index is 8.33. The van der Waals surface area contributed by atoms with Crippen molar-refractivity contribution in [3.63, 3.8) is 0 Å². The number of rotatable bonds is 4. The molecule has 1 heterocycles. The van der Waals surface area contributed by atoms with E-state index in [1.54, 1.807) is 0 Å². The van der Waals surface area contributed by atoms with Crippen LogP contribution in [0.15, 0.2) is 5.16 Å². The molecule has 0 aromatic heterocycles. The Morgan fingerprint density at radius 1 is 1.69 bits per heavy atom. The van der Waals surface area contributed by atoms with Gasteiger partial charge in [-0.25, -0.2) is 0 Å². The number of nitrogens with two attached hydrogens (primary N) is 1. The van der Waals surface area contributed by atoms with E-state index in [1.807, 2.05) is 0 Å². The van der Waals surface area contributed by atoms with E-state index in [-0.39, 0.29) is 0 Å². The Kier molecular flexibility index (Phi) is 4.02. The molecule has 0 aliphatic carbocycles. The van der Waals surface area contributed by atoms with E-state index in [1.165, 1.54) is 19.4 Å². The summed E-state index contributed by atoms with van der Waals surface area (Å²) in [7, 11) is 0. The van der Waals surface area contributed by atoms with Gasteiger partial charge >= 0.3 is 0 Å². The highest BCUT2D eigenvalue weighted by Crippen LogP contribution is 2.16. The average molecular weight is 185 g/mol. The van der Waals surface area contributed by atoms with E-state index in [9.17, 15) is 0 Å². The smallest absolute Gasteiger partial charge is 0.139 e. The van der Waals surface area contributed by atoms with E-state index in [4.69, 9.17) is 10.9 Å². The summed E-state index contributed by atoms with van der Waals surface area (Å²) < 4.78 is 0. The first-order chi connectivity index (χ1) is 6.24. The van der Waals surface area contributed by atoms with Crippen LogP contribution in [0, 0.1) is 0 Å². The molecule has 1 aliphatic heterocycles. The maximum Gasteiger partial charge on any atom is 0.139 e. The Morgan fingerprint density at radius 2 is 2.46 bits per heavy atom. The van der Waals surface area contributed by atoms with E-state index in [0.29, 0.717) is 18.3 Å². The summed E-state index contributed by atoms with van der Waals surface area (Å²) in [5.41, 5.74) is 5.37. The third-order valence-electron chi connectivity index (χ3n) is 2.70. The van der Waals surface area contributed by atoms with Crippen molar-refractivity contribution in [2.45, 2.75) is 38.6 Å². The molecule has 1 saturated heterocycles. The molecule has 0 spiro atoms. The second-order valence-corrected chi connectivity index (χ2v) is 3.72. The van der Waals surface area contributed by atoms with Crippen LogP contribution in [0.3, 0.4) is 0 Å². The zero-order valence-electron chi connectivity index (χ0n) is 8.24. The molecule has 4 heteroatoms. The third kappa shape index (κ3) is 3.22. The molecule has 0 saturated carbocycles. The van der Waals surface area contributed by atoms with Crippen molar-refractivity contribution >= 4 is 5.84 Å². The van der Waals surface area contributed by atoms with Crippen molar-refractivity contribution in [1.82, 2.24) is 4.90 Å². The van der Waals surface area contributed by atoms with Crippen LogP contribution in [0.1, 0.15) is 32.6 Å². The van der Waals surface area contributed by atoms with E-state index >= 15 is 0 Å². The fraction of sp³-hybridized carbons (Fsp3) is 0.889. The van der Waals surface area contributed by atoms with Crippen LogP contribution in [0.5, 0.6) is 0 Å². The molecule has 0 aromatic carbocycles. The second kappa shape index (κ2) is 5.07. The van der Waals surface area contributed by atoms with Crippen LogP contribution in [0.2, 0.25) is 0 Å². The van der Waals surface area contributed by atoms with Crippen LogP contribution in [0.4, 0.5) is 0 Å². The number of amidine groups is 1. The lowest BCUT2D eigenvalue weighted by Gasteiger charge is -2.20. The predicted octanol–water partition coefficient (Wildman–Crippen LogP) is 0.997. The molecule has 0 aromatic rings. The fourth-order valence-electron chi connectivity index (χ4n) is 1.84. The minimum Gasteiger partial charge on any atom is -0.409 e. The lowest BCUT2D eigenvalue weighted by Crippen LogP contribution is -2.28. The fourth-order valence-corrected chi connectivity index (χ4v) is 1.84. The van der Waals surface area contributed by atoms with Crippen LogP contribution >= 0.6 is 0 Å². The quantitative estimate of drug-likeness (QED) is 0.297. The summed E-state index contributed by atoms with van der Waals surface area (Å²) in [5, 5.41) is 11.3. The molecular formula is C9H19N3O. The van der Waals surface area contributed by atoms with Crippen LogP contribution < -0.4 is 5.73 Å². The first-order valence-electron chi connectivity index (χ1n) is 4.94. The third-order valence-corrected chi connectivity index (χ3v) is 2.70. The average Bonchev–Trinajstić information content (AvgIpc) is 2.52. The SMILES string of the molecule is CC1CCCN1CCC/C(N)=N/O. The summed E-state index contributed by atoms with van der Waals surface area (Å²) in [6.07, 6.45) is 4.30. The van der Waals surface area contributed by atoms with Gasteiger partial charge in [0.1, 0.15) is 5.84 Å². The van der Waals surface area contributed by atoms with E-state index in [0.717, 1.165) is 13.0 Å². The normalized spacial score (nSPS) is 25.3. The van der Waals surface area contributed by atoms with Crippen molar-refractivity contribution < 1.29 is 5.21 Å². The van der Waals surface area contributed by atoms with Gasteiger partial charge in [0.05, 0.1) is 0 Å². The van der Waals surface area contributed by atoms with Crippen molar-refractivity contribution in [3.8, 4) is 0 Å². The second-order valence-electron chi connectivity index (χ2n) is 3.72. The lowest BCUT2D eigenvalue weighted by atomic mass is 10.2. The molecule has 13 heavy (non-hydrogen) atoms. The molecule has 1 fully saturated rings. The molecular weight excluding hydrogens is 166 g/mol. The largest absolute Gasteiger partial charge is 0.409 e. The molecule has 1 rings (SSSR count). The first kappa shape index (κ1) is 10.3. The zero-order chi connectivity index (χ0) is 9.68. The molecule has 76 valence electrons. The van der Waals surface area contributed by atoms with Crippen molar-refractivity contribution in [2.75, 3.05) is 13.1 Å². The summed E-state index contributed by atoms with van der Waals surface area (Å²) in [6.45, 7) is 4.53. The van der Waals surface area contributed by atoms with Crippen LogP contribution in [-0.2, 0) is 0 Å². The van der Waals surface area contributed by atoms with Gasteiger partial charge in [0.2, 0.25) is 0 Å². The molecule has 1 aliphatic rings.